The van der Waals surface area contributed by atoms with E-state index in [9.17, 15) is 4.79 Å². The molecule has 0 aliphatic carbocycles. The Balaban J connectivity index is 2.49. The topological polar surface area (TPSA) is 58.4 Å². The fourth-order valence-electron chi connectivity index (χ4n) is 1.47. The van der Waals surface area contributed by atoms with Gasteiger partial charge in [-0.25, -0.2) is 5.43 Å². The van der Waals surface area contributed by atoms with E-state index in [1.54, 1.807) is 5.01 Å². The maximum Gasteiger partial charge on any atom is 0.238 e. The van der Waals surface area contributed by atoms with Crippen molar-refractivity contribution in [2.45, 2.75) is 32.7 Å². The summed E-state index contributed by atoms with van der Waals surface area (Å²) in [5, 5.41) is 1.69. The highest BCUT2D eigenvalue weighted by Crippen LogP contribution is 2.18. The number of carbonyl (C=O) groups is 1. The first kappa shape index (κ1) is 10.5. The van der Waals surface area contributed by atoms with Crippen LogP contribution in [0.15, 0.2) is 0 Å². The molecule has 1 heterocycles. The van der Waals surface area contributed by atoms with Gasteiger partial charge in [-0.1, -0.05) is 6.92 Å². The second-order valence-electron chi connectivity index (χ2n) is 4.52. The lowest BCUT2D eigenvalue weighted by molar-refractivity contribution is -0.130. The Labute approximate surface area is 79.4 Å². The standard InChI is InChI=1S/C9H19N3O/c1-7(5-10)6-12-8(13)4-9(2,3)11-12/h7,11H,4-6,10H2,1-3H3. The van der Waals surface area contributed by atoms with E-state index in [0.717, 1.165) is 0 Å². The quantitative estimate of drug-likeness (QED) is 0.655. The van der Waals surface area contributed by atoms with Gasteiger partial charge in [-0.2, -0.15) is 0 Å². The summed E-state index contributed by atoms with van der Waals surface area (Å²) in [6, 6.07) is 0. The Morgan fingerprint density at radius 3 is 2.69 bits per heavy atom. The molecule has 1 rings (SSSR count). The van der Waals surface area contributed by atoms with Gasteiger partial charge < -0.3 is 5.73 Å². The molecule has 3 N–H and O–H groups in total. The van der Waals surface area contributed by atoms with Crippen molar-refractivity contribution in [1.29, 1.82) is 0 Å². The Bertz CT molecular complexity index is 203. The number of hydrogen-bond donors (Lipinski definition) is 2. The molecule has 0 aromatic carbocycles. The maximum absolute atomic E-state index is 11.5. The molecule has 0 aromatic rings. The molecule has 1 aliphatic heterocycles. The van der Waals surface area contributed by atoms with Gasteiger partial charge in [0, 0.05) is 18.5 Å². The Morgan fingerprint density at radius 2 is 2.31 bits per heavy atom. The predicted molar refractivity (Wildman–Crippen MR) is 51.8 cm³/mol. The second-order valence-corrected chi connectivity index (χ2v) is 4.52. The van der Waals surface area contributed by atoms with Crippen molar-refractivity contribution < 1.29 is 4.79 Å². The summed E-state index contributed by atoms with van der Waals surface area (Å²) in [5.74, 6) is 0.524. The number of hydrazine groups is 1. The minimum atomic E-state index is -0.0919. The first-order valence-electron chi connectivity index (χ1n) is 4.73. The zero-order chi connectivity index (χ0) is 10.1. The molecule has 0 bridgehead atoms. The number of nitrogens with zero attached hydrogens (tertiary/aromatic N) is 1. The van der Waals surface area contributed by atoms with E-state index in [-0.39, 0.29) is 11.4 Å². The number of amides is 1. The zero-order valence-electron chi connectivity index (χ0n) is 8.63. The molecule has 1 fully saturated rings. The fraction of sp³-hybridized carbons (Fsp3) is 0.889. The predicted octanol–water partition coefficient (Wildman–Crippen LogP) is 0.0967. The summed E-state index contributed by atoms with van der Waals surface area (Å²) < 4.78 is 0. The molecule has 0 radical (unpaired) electrons. The molecule has 13 heavy (non-hydrogen) atoms. The average molecular weight is 185 g/mol. The van der Waals surface area contributed by atoms with E-state index in [4.69, 9.17) is 5.73 Å². The number of nitrogens with one attached hydrogen (secondary N) is 1. The van der Waals surface area contributed by atoms with Gasteiger partial charge in [0.05, 0.1) is 0 Å². The second kappa shape index (κ2) is 3.64. The van der Waals surface area contributed by atoms with E-state index in [1.165, 1.54) is 0 Å². The summed E-state index contributed by atoms with van der Waals surface area (Å²) in [6.45, 7) is 7.42. The van der Waals surface area contributed by atoms with Crippen LogP contribution in [0.25, 0.3) is 0 Å². The molecule has 0 spiro atoms. The van der Waals surface area contributed by atoms with Gasteiger partial charge >= 0.3 is 0 Å². The summed E-state index contributed by atoms with van der Waals surface area (Å²) in [7, 11) is 0. The monoisotopic (exact) mass is 185 g/mol. The van der Waals surface area contributed by atoms with Crippen LogP contribution in [0.3, 0.4) is 0 Å². The summed E-state index contributed by atoms with van der Waals surface area (Å²) in [6.07, 6.45) is 0.574. The molecule has 1 saturated heterocycles. The van der Waals surface area contributed by atoms with E-state index < -0.39 is 0 Å². The molecule has 4 heteroatoms. The smallest absolute Gasteiger partial charge is 0.238 e. The van der Waals surface area contributed by atoms with Crippen LogP contribution in [0.4, 0.5) is 0 Å². The number of rotatable bonds is 3. The van der Waals surface area contributed by atoms with Crippen LogP contribution in [-0.4, -0.2) is 29.5 Å². The number of hydrogen-bond acceptors (Lipinski definition) is 3. The van der Waals surface area contributed by atoms with Gasteiger partial charge in [-0.05, 0) is 26.3 Å². The molecular weight excluding hydrogens is 166 g/mol. The van der Waals surface area contributed by atoms with Crippen LogP contribution in [0.5, 0.6) is 0 Å². The first-order valence-corrected chi connectivity index (χ1v) is 4.73. The first-order chi connectivity index (χ1) is 5.94. The van der Waals surface area contributed by atoms with Crippen molar-refractivity contribution in [1.82, 2.24) is 10.4 Å². The minimum absolute atomic E-state index is 0.0919. The lowest BCUT2D eigenvalue weighted by Crippen LogP contribution is -2.45. The largest absolute Gasteiger partial charge is 0.330 e. The van der Waals surface area contributed by atoms with Gasteiger partial charge in [0.15, 0.2) is 0 Å². The number of nitrogens with two attached hydrogens (primary N) is 1. The van der Waals surface area contributed by atoms with E-state index >= 15 is 0 Å². The summed E-state index contributed by atoms with van der Waals surface area (Å²) >= 11 is 0. The van der Waals surface area contributed by atoms with Crippen molar-refractivity contribution in [3.8, 4) is 0 Å². The molecule has 0 aromatic heterocycles. The number of carbonyl (C=O) groups excluding carboxylic acids is 1. The van der Waals surface area contributed by atoms with Crippen LogP contribution in [0.2, 0.25) is 0 Å². The SMILES string of the molecule is CC(CN)CN1NC(C)(C)CC1=O. The third-order valence-corrected chi connectivity index (χ3v) is 2.23. The van der Waals surface area contributed by atoms with E-state index in [1.807, 2.05) is 20.8 Å². The molecule has 76 valence electrons. The van der Waals surface area contributed by atoms with E-state index in [2.05, 4.69) is 5.43 Å². The van der Waals surface area contributed by atoms with Crippen LogP contribution in [0.1, 0.15) is 27.2 Å². The van der Waals surface area contributed by atoms with Crippen LogP contribution >= 0.6 is 0 Å². The van der Waals surface area contributed by atoms with Gasteiger partial charge in [0.25, 0.3) is 0 Å². The summed E-state index contributed by atoms with van der Waals surface area (Å²) in [5.41, 5.74) is 8.58. The van der Waals surface area contributed by atoms with Crippen molar-refractivity contribution in [3.05, 3.63) is 0 Å². The van der Waals surface area contributed by atoms with Crippen molar-refractivity contribution >= 4 is 5.91 Å². The lowest BCUT2D eigenvalue weighted by Gasteiger charge is -2.23. The highest BCUT2D eigenvalue weighted by atomic mass is 16.2. The van der Waals surface area contributed by atoms with Gasteiger partial charge in [-0.3, -0.25) is 9.80 Å². The van der Waals surface area contributed by atoms with Crippen LogP contribution in [0, 0.1) is 5.92 Å². The van der Waals surface area contributed by atoms with Crippen molar-refractivity contribution in [2.24, 2.45) is 11.7 Å². The Kier molecular flexibility index (Phi) is 2.93. The van der Waals surface area contributed by atoms with Crippen molar-refractivity contribution in [2.75, 3.05) is 13.1 Å². The molecular formula is C9H19N3O. The molecule has 1 unspecified atom stereocenters. The molecule has 1 aliphatic rings. The zero-order valence-corrected chi connectivity index (χ0v) is 8.63. The Hall–Kier alpha value is -0.610. The normalized spacial score (nSPS) is 23.7. The lowest BCUT2D eigenvalue weighted by atomic mass is 10.0. The van der Waals surface area contributed by atoms with Crippen molar-refractivity contribution in [3.63, 3.8) is 0 Å². The minimum Gasteiger partial charge on any atom is -0.330 e. The van der Waals surface area contributed by atoms with E-state index in [0.29, 0.717) is 25.4 Å². The molecule has 0 saturated carbocycles. The molecule has 4 nitrogen and oxygen atoms in total. The highest BCUT2D eigenvalue weighted by molar-refractivity contribution is 5.79. The molecule has 1 atom stereocenters. The summed E-state index contributed by atoms with van der Waals surface area (Å²) in [4.78, 5) is 11.5. The molecule has 1 amide bonds. The average Bonchev–Trinajstić information content (AvgIpc) is 2.24. The third kappa shape index (κ3) is 2.67. The maximum atomic E-state index is 11.5. The Morgan fingerprint density at radius 1 is 1.69 bits per heavy atom. The third-order valence-electron chi connectivity index (χ3n) is 2.23. The van der Waals surface area contributed by atoms with Gasteiger partial charge in [0.1, 0.15) is 0 Å². The van der Waals surface area contributed by atoms with Gasteiger partial charge in [-0.15, -0.1) is 0 Å². The highest BCUT2D eigenvalue weighted by Gasteiger charge is 2.35. The van der Waals surface area contributed by atoms with Crippen LogP contribution in [-0.2, 0) is 4.79 Å². The van der Waals surface area contributed by atoms with Crippen LogP contribution < -0.4 is 11.2 Å². The van der Waals surface area contributed by atoms with Gasteiger partial charge in [0.2, 0.25) is 5.91 Å². The fourth-order valence-corrected chi connectivity index (χ4v) is 1.47.